The molecule has 2 aromatic carbocycles. The number of fused-ring (bicyclic) bond motifs is 1. The van der Waals surface area contributed by atoms with Gasteiger partial charge in [-0.25, -0.2) is 4.39 Å². The van der Waals surface area contributed by atoms with E-state index in [-0.39, 0.29) is 23.6 Å². The van der Waals surface area contributed by atoms with Gasteiger partial charge in [0.05, 0.1) is 39.8 Å². The highest BCUT2D eigenvalue weighted by atomic mass is 35.5. The summed E-state index contributed by atoms with van der Waals surface area (Å²) in [5.74, 6) is -0.790. The second-order valence-corrected chi connectivity index (χ2v) is 11.5. The SMILES string of the molecule is CO[C@]1(c2ccc(Cl)cc2)c2c(F)cc(C(C)(O)C3CCN(C(C)=N)CC3)cc2C(=O)N1Cc1ccc(Cl)cn1. The molecule has 1 unspecified atom stereocenters. The van der Waals surface area contributed by atoms with Gasteiger partial charge >= 0.3 is 0 Å². The lowest BCUT2D eigenvalue weighted by Crippen LogP contribution is -2.46. The monoisotopic (exact) mass is 584 g/mol. The van der Waals surface area contributed by atoms with E-state index in [0.717, 1.165) is 0 Å². The van der Waals surface area contributed by atoms with Gasteiger partial charge in [-0.05, 0) is 74.6 Å². The van der Waals surface area contributed by atoms with Crippen LogP contribution >= 0.6 is 23.2 Å². The van der Waals surface area contributed by atoms with Gasteiger partial charge < -0.3 is 14.7 Å². The summed E-state index contributed by atoms with van der Waals surface area (Å²) in [6.45, 7) is 4.70. The standard InChI is InChI=1S/C30H31Cl2FN4O3/c1-18(34)36-12-10-19(11-13-36)29(2,39)21-14-25-27(26(33)15-21)30(40-3,20-4-6-22(31)7-5-20)37(28(25)38)17-24-9-8-23(32)16-35-24/h4-9,14-16,19,34,39H,10-13,17H2,1-3H3/t29?,30-/m1/s1. The molecular formula is C30H31Cl2FN4O3. The van der Waals surface area contributed by atoms with Gasteiger partial charge in [0.1, 0.15) is 5.82 Å². The highest BCUT2D eigenvalue weighted by molar-refractivity contribution is 6.30. The Bertz CT molecular complexity index is 1440. The van der Waals surface area contributed by atoms with Gasteiger partial charge in [0.2, 0.25) is 0 Å². The van der Waals surface area contributed by atoms with Crippen LogP contribution in [-0.4, -0.2) is 51.8 Å². The summed E-state index contributed by atoms with van der Waals surface area (Å²) in [6, 6.07) is 13.0. The van der Waals surface area contributed by atoms with Crippen molar-refractivity contribution in [2.24, 2.45) is 5.92 Å². The fourth-order valence-corrected chi connectivity index (χ4v) is 6.24. The number of amides is 1. The normalized spacial score (nSPS) is 20.9. The van der Waals surface area contributed by atoms with Crippen LogP contribution in [-0.2, 0) is 22.6 Å². The smallest absolute Gasteiger partial charge is 0.257 e. The van der Waals surface area contributed by atoms with Crippen molar-refractivity contribution in [3.8, 4) is 0 Å². The van der Waals surface area contributed by atoms with E-state index < -0.39 is 23.1 Å². The zero-order chi connectivity index (χ0) is 28.8. The average Bonchev–Trinajstić information content (AvgIpc) is 3.18. The molecule has 0 radical (unpaired) electrons. The third-order valence-corrected chi connectivity index (χ3v) is 8.75. The summed E-state index contributed by atoms with van der Waals surface area (Å²) in [5, 5.41) is 20.5. The Morgan fingerprint density at radius 3 is 2.40 bits per heavy atom. The molecule has 40 heavy (non-hydrogen) atoms. The molecule has 1 aromatic heterocycles. The predicted octanol–water partition coefficient (Wildman–Crippen LogP) is 5.95. The van der Waals surface area contributed by atoms with Gasteiger partial charge in [0.15, 0.2) is 5.72 Å². The highest BCUT2D eigenvalue weighted by Crippen LogP contribution is 2.49. The molecule has 5 rings (SSSR count). The van der Waals surface area contributed by atoms with Gasteiger partial charge in [0, 0.05) is 37.0 Å². The maximum atomic E-state index is 16.3. The van der Waals surface area contributed by atoms with Crippen molar-refractivity contribution in [2.75, 3.05) is 20.2 Å². The van der Waals surface area contributed by atoms with E-state index in [9.17, 15) is 9.90 Å². The van der Waals surface area contributed by atoms with Gasteiger partial charge in [0.25, 0.3) is 5.91 Å². The zero-order valence-corrected chi connectivity index (χ0v) is 24.1. The second-order valence-electron chi connectivity index (χ2n) is 10.6. The number of carbonyl (C=O) groups excluding carboxylic acids is 1. The summed E-state index contributed by atoms with van der Waals surface area (Å²) in [4.78, 5) is 21.9. The van der Waals surface area contributed by atoms with Crippen molar-refractivity contribution >= 4 is 34.9 Å². The average molecular weight is 586 g/mol. The number of likely N-dealkylation sites (tertiary alicyclic amines) is 1. The summed E-state index contributed by atoms with van der Waals surface area (Å²) >= 11 is 12.2. The molecule has 7 nitrogen and oxygen atoms in total. The van der Waals surface area contributed by atoms with Crippen LogP contribution in [0.1, 0.15) is 59.4 Å². The van der Waals surface area contributed by atoms with Crippen molar-refractivity contribution in [2.45, 2.75) is 44.6 Å². The number of aromatic nitrogens is 1. The number of aliphatic hydroxyl groups is 1. The first-order chi connectivity index (χ1) is 19.0. The molecule has 210 valence electrons. The number of carbonyl (C=O) groups is 1. The van der Waals surface area contributed by atoms with E-state index in [4.69, 9.17) is 33.3 Å². The lowest BCUT2D eigenvalue weighted by atomic mass is 9.76. The minimum atomic E-state index is -1.60. The highest BCUT2D eigenvalue weighted by Gasteiger charge is 2.54. The van der Waals surface area contributed by atoms with Crippen molar-refractivity contribution in [3.05, 3.63) is 98.5 Å². The number of hydrogen-bond donors (Lipinski definition) is 2. The molecule has 1 amide bonds. The second kappa shape index (κ2) is 10.7. The Morgan fingerprint density at radius 2 is 1.82 bits per heavy atom. The van der Waals surface area contributed by atoms with E-state index >= 15 is 4.39 Å². The molecule has 0 bridgehead atoms. The number of hydrogen-bond acceptors (Lipinski definition) is 5. The number of halogens is 3. The summed E-state index contributed by atoms with van der Waals surface area (Å²) < 4.78 is 22.4. The summed E-state index contributed by atoms with van der Waals surface area (Å²) in [5.41, 5.74) is -1.40. The predicted molar refractivity (Wildman–Crippen MR) is 152 cm³/mol. The molecule has 2 aliphatic rings. The van der Waals surface area contributed by atoms with Crippen LogP contribution in [0.15, 0.2) is 54.7 Å². The molecule has 0 spiro atoms. The van der Waals surface area contributed by atoms with Crippen LogP contribution in [0.2, 0.25) is 10.0 Å². The third kappa shape index (κ3) is 4.77. The first-order valence-electron chi connectivity index (χ1n) is 13.1. The number of pyridine rings is 1. The van der Waals surface area contributed by atoms with Gasteiger partial charge in [-0.2, -0.15) is 0 Å². The van der Waals surface area contributed by atoms with Crippen LogP contribution in [0, 0.1) is 17.1 Å². The zero-order valence-electron chi connectivity index (χ0n) is 22.5. The molecule has 2 aliphatic heterocycles. The van der Waals surface area contributed by atoms with Crippen molar-refractivity contribution in [1.82, 2.24) is 14.8 Å². The minimum Gasteiger partial charge on any atom is -0.385 e. The molecule has 2 atom stereocenters. The molecule has 3 aromatic rings. The summed E-state index contributed by atoms with van der Waals surface area (Å²) in [7, 11) is 1.43. The van der Waals surface area contributed by atoms with Crippen molar-refractivity contribution in [1.29, 1.82) is 5.41 Å². The number of benzene rings is 2. The Hall–Kier alpha value is -3.04. The number of amidine groups is 1. The van der Waals surface area contributed by atoms with E-state index in [1.54, 1.807) is 56.3 Å². The quantitative estimate of drug-likeness (QED) is 0.276. The molecular weight excluding hydrogens is 554 g/mol. The van der Waals surface area contributed by atoms with Crippen molar-refractivity contribution in [3.63, 3.8) is 0 Å². The molecule has 10 heteroatoms. The molecule has 1 saturated heterocycles. The number of nitrogens with one attached hydrogen (secondary N) is 1. The fraction of sp³-hybridized carbons (Fsp3) is 0.367. The largest absolute Gasteiger partial charge is 0.385 e. The van der Waals surface area contributed by atoms with Crippen molar-refractivity contribution < 1.29 is 19.0 Å². The van der Waals surface area contributed by atoms with E-state index in [1.807, 2.05) is 4.90 Å². The Labute approximate surface area is 243 Å². The lowest BCUT2D eigenvalue weighted by Gasteiger charge is -2.40. The minimum absolute atomic E-state index is 0.0216. The number of methoxy groups -OCH3 is 1. The number of rotatable bonds is 6. The number of ether oxygens (including phenoxy) is 1. The third-order valence-electron chi connectivity index (χ3n) is 8.27. The first-order valence-corrected chi connectivity index (χ1v) is 13.8. The van der Waals surface area contributed by atoms with E-state index in [1.165, 1.54) is 24.3 Å². The Balaban J connectivity index is 1.61. The lowest BCUT2D eigenvalue weighted by molar-refractivity contribution is -0.0886. The van der Waals surface area contributed by atoms with E-state index in [2.05, 4.69) is 4.98 Å². The van der Waals surface area contributed by atoms with Gasteiger partial charge in [-0.1, -0.05) is 35.3 Å². The fourth-order valence-electron chi connectivity index (χ4n) is 6.00. The van der Waals surface area contributed by atoms with Crippen LogP contribution < -0.4 is 0 Å². The number of piperidine rings is 1. The van der Waals surface area contributed by atoms with E-state index in [0.29, 0.717) is 58.6 Å². The molecule has 2 N–H and O–H groups in total. The number of nitrogens with zero attached hydrogens (tertiary/aromatic N) is 3. The Morgan fingerprint density at radius 1 is 1.18 bits per heavy atom. The van der Waals surface area contributed by atoms with Gasteiger partial charge in [-0.15, -0.1) is 0 Å². The van der Waals surface area contributed by atoms with Gasteiger partial charge in [-0.3, -0.25) is 20.1 Å². The molecule has 0 aliphatic carbocycles. The Kier molecular flexibility index (Phi) is 7.65. The molecule has 3 heterocycles. The van der Waals surface area contributed by atoms with Crippen LogP contribution in [0.4, 0.5) is 4.39 Å². The van der Waals surface area contributed by atoms with Crippen LogP contribution in [0.5, 0.6) is 0 Å². The summed E-state index contributed by atoms with van der Waals surface area (Å²) in [6.07, 6.45) is 2.76. The first kappa shape index (κ1) is 28.5. The molecule has 0 saturated carbocycles. The van der Waals surface area contributed by atoms with Crippen LogP contribution in [0.3, 0.4) is 0 Å². The molecule has 1 fully saturated rings. The maximum Gasteiger partial charge on any atom is 0.257 e. The topological polar surface area (TPSA) is 89.8 Å². The van der Waals surface area contributed by atoms with Crippen LogP contribution in [0.25, 0.3) is 0 Å². The maximum absolute atomic E-state index is 16.3.